The SMILES string of the molecule is Cc1nnc(-n2c3[c-]c(B(c4[c-]c(-c5ccccn5)ccc4)c4ccccc4)ccc3c3ccc(B(c4[c-]c(-c5ccccn5)ccc4)c4ccccc4)[c-]c32)nc1C.[Pd+2].[Pt+2]. The molecule has 10 heteroatoms. The van der Waals surface area contributed by atoms with E-state index < -0.39 is 0 Å². The van der Waals surface area contributed by atoms with Crippen molar-refractivity contribution in [2.24, 2.45) is 0 Å². The molecule has 294 valence electrons. The van der Waals surface area contributed by atoms with Crippen molar-refractivity contribution in [2.45, 2.75) is 13.8 Å². The zero-order valence-corrected chi connectivity index (χ0v) is 37.0. The fraction of sp³-hybridized carbons (Fsp3) is 0.0392. The van der Waals surface area contributed by atoms with Gasteiger partial charge in [0.25, 0.3) is 5.95 Å². The molecule has 10 rings (SSSR count). The topological polar surface area (TPSA) is 69.4 Å². The summed E-state index contributed by atoms with van der Waals surface area (Å²) >= 11 is 0. The normalized spacial score (nSPS) is 10.9. The smallest absolute Gasteiger partial charge is 0.327 e. The van der Waals surface area contributed by atoms with Crippen LogP contribution >= 0.6 is 0 Å². The number of fused-ring (bicyclic) bond motifs is 3. The van der Waals surface area contributed by atoms with E-state index in [9.17, 15) is 0 Å². The van der Waals surface area contributed by atoms with Gasteiger partial charge in [0.2, 0.25) is 0 Å². The quantitative estimate of drug-likeness (QED) is 0.133. The van der Waals surface area contributed by atoms with Gasteiger partial charge in [0.15, 0.2) is 13.4 Å². The Balaban J connectivity index is 0.00000257. The van der Waals surface area contributed by atoms with Crippen LogP contribution in [0.15, 0.2) is 170 Å². The van der Waals surface area contributed by atoms with Gasteiger partial charge in [0.05, 0.1) is 11.4 Å². The van der Waals surface area contributed by atoms with Crippen LogP contribution in [-0.2, 0) is 41.5 Å². The second-order valence-electron chi connectivity index (χ2n) is 14.6. The molecule has 0 unspecified atom stereocenters. The average Bonchev–Trinajstić information content (AvgIpc) is 3.62. The van der Waals surface area contributed by atoms with E-state index in [0.717, 1.165) is 88.5 Å². The van der Waals surface area contributed by atoms with Gasteiger partial charge in [-0.2, -0.15) is 74.1 Å². The Bertz CT molecular complexity index is 2910. The third-order valence-electron chi connectivity index (χ3n) is 10.9. The van der Waals surface area contributed by atoms with E-state index in [-0.39, 0.29) is 54.9 Å². The molecule has 0 radical (unpaired) electrons. The van der Waals surface area contributed by atoms with Gasteiger partial charge >= 0.3 is 41.5 Å². The van der Waals surface area contributed by atoms with Crippen molar-refractivity contribution in [3.8, 4) is 28.5 Å². The number of benzene rings is 6. The summed E-state index contributed by atoms with van der Waals surface area (Å²) in [7, 11) is 0. The summed E-state index contributed by atoms with van der Waals surface area (Å²) in [6.07, 6.45) is 3.63. The Morgan fingerprint density at radius 3 is 1.34 bits per heavy atom. The van der Waals surface area contributed by atoms with E-state index in [1.54, 1.807) is 0 Å². The molecular formula is C51H34B2N6PdPt. The molecule has 0 spiro atoms. The standard InChI is InChI=1S/C51H34B2N6.Pd.Pt/c1-35-36(2)57-58-51(56-35)59-49-33-43(52(39-17-5-3-6-18-39)41-21-13-15-37(31-41)47-23-9-11-29-54-47)25-27-45(49)46-28-26-44(34-50(46)59)53(40-19-7-4-8-20-40)42-22-14-16-38(32-42)48-24-10-12-30-55-48;;/h3-30H,1-2H3;;/q-4;2*+2. The van der Waals surface area contributed by atoms with Gasteiger partial charge in [0, 0.05) is 12.4 Å². The molecular weight excluding hydrogens is 1020 g/mol. The second kappa shape index (κ2) is 18.3. The maximum Gasteiger partial charge on any atom is 2.00 e. The van der Waals surface area contributed by atoms with Crippen molar-refractivity contribution in [1.29, 1.82) is 0 Å². The van der Waals surface area contributed by atoms with Crippen LogP contribution in [0.25, 0.3) is 50.3 Å². The van der Waals surface area contributed by atoms with Crippen LogP contribution in [0, 0.1) is 38.1 Å². The van der Waals surface area contributed by atoms with E-state index in [2.05, 4.69) is 158 Å². The molecule has 6 aromatic carbocycles. The molecule has 0 amide bonds. The zero-order chi connectivity index (χ0) is 39.7. The van der Waals surface area contributed by atoms with Crippen LogP contribution < -0.4 is 32.8 Å². The molecule has 0 aliphatic heterocycles. The van der Waals surface area contributed by atoms with Gasteiger partial charge in [0.1, 0.15) is 0 Å². The minimum Gasteiger partial charge on any atom is -0.327 e. The minimum absolute atomic E-state index is 0. The Morgan fingerprint density at radius 1 is 0.443 bits per heavy atom. The fourth-order valence-corrected chi connectivity index (χ4v) is 7.97. The summed E-state index contributed by atoms with van der Waals surface area (Å²) in [6, 6.07) is 69.5. The number of nitrogens with zero attached hydrogens (tertiary/aromatic N) is 6. The predicted molar refractivity (Wildman–Crippen MR) is 241 cm³/mol. The van der Waals surface area contributed by atoms with Crippen LogP contribution in [0.2, 0.25) is 0 Å². The molecule has 0 saturated carbocycles. The third kappa shape index (κ3) is 8.22. The monoisotopic (exact) mass is 1050 g/mol. The second-order valence-corrected chi connectivity index (χ2v) is 14.6. The molecule has 0 bridgehead atoms. The van der Waals surface area contributed by atoms with E-state index in [0.29, 0.717) is 5.95 Å². The molecule has 10 aromatic rings. The molecule has 0 atom stereocenters. The zero-order valence-electron chi connectivity index (χ0n) is 33.1. The van der Waals surface area contributed by atoms with Crippen LogP contribution in [0.1, 0.15) is 11.4 Å². The third-order valence-corrected chi connectivity index (χ3v) is 10.9. The molecule has 0 saturated heterocycles. The van der Waals surface area contributed by atoms with Gasteiger partial charge in [-0.1, -0.05) is 107 Å². The largest absolute Gasteiger partial charge is 2.00 e. The first-order valence-electron chi connectivity index (χ1n) is 19.7. The van der Waals surface area contributed by atoms with Crippen LogP contribution in [-0.4, -0.2) is 43.1 Å². The molecule has 61 heavy (non-hydrogen) atoms. The molecule has 0 N–H and O–H groups in total. The number of hydrogen-bond donors (Lipinski definition) is 0. The Labute approximate surface area is 384 Å². The first-order chi connectivity index (χ1) is 29.1. The van der Waals surface area contributed by atoms with Gasteiger partial charge < -0.3 is 14.5 Å². The van der Waals surface area contributed by atoms with Gasteiger partial charge in [-0.25, -0.2) is 4.98 Å². The number of pyridine rings is 2. The van der Waals surface area contributed by atoms with Crippen molar-refractivity contribution in [3.63, 3.8) is 0 Å². The summed E-state index contributed by atoms with van der Waals surface area (Å²) in [6.45, 7) is 3.56. The fourth-order valence-electron chi connectivity index (χ4n) is 7.97. The predicted octanol–water partition coefficient (Wildman–Crippen LogP) is 5.94. The van der Waals surface area contributed by atoms with Crippen LogP contribution in [0.4, 0.5) is 0 Å². The van der Waals surface area contributed by atoms with E-state index in [1.807, 2.05) is 74.8 Å². The van der Waals surface area contributed by atoms with Gasteiger partial charge in [-0.05, 0) is 37.4 Å². The maximum atomic E-state index is 5.01. The summed E-state index contributed by atoms with van der Waals surface area (Å²) < 4.78 is 2.07. The maximum absolute atomic E-state index is 5.01. The minimum atomic E-state index is -0.168. The Hall–Kier alpha value is -6.09. The van der Waals surface area contributed by atoms with Crippen LogP contribution in [0.5, 0.6) is 0 Å². The molecule has 0 aliphatic carbocycles. The average molecular weight is 1050 g/mol. The Kier molecular flexibility index (Phi) is 12.5. The molecule has 4 aromatic heterocycles. The molecule has 0 fully saturated rings. The summed E-state index contributed by atoms with van der Waals surface area (Å²) in [5, 5.41) is 11.3. The number of aryl methyl sites for hydroxylation is 2. The van der Waals surface area contributed by atoms with Crippen molar-refractivity contribution in [1.82, 2.24) is 29.7 Å². The summed E-state index contributed by atoms with van der Waals surface area (Å²) in [5.41, 5.74) is 13.2. The number of hydrogen-bond acceptors (Lipinski definition) is 5. The first-order valence-corrected chi connectivity index (χ1v) is 19.7. The molecule has 0 aliphatic rings. The first kappa shape index (κ1) is 41.6. The van der Waals surface area contributed by atoms with Crippen molar-refractivity contribution < 1.29 is 41.5 Å². The van der Waals surface area contributed by atoms with E-state index in [1.165, 1.54) is 0 Å². The van der Waals surface area contributed by atoms with E-state index in [4.69, 9.17) is 4.98 Å². The molecule has 6 nitrogen and oxygen atoms in total. The van der Waals surface area contributed by atoms with Crippen molar-refractivity contribution in [2.75, 3.05) is 0 Å². The number of rotatable bonds is 9. The number of aromatic nitrogens is 6. The summed E-state index contributed by atoms with van der Waals surface area (Å²) in [5.74, 6) is 0.467. The van der Waals surface area contributed by atoms with Gasteiger partial charge in [-0.15, -0.1) is 64.8 Å². The van der Waals surface area contributed by atoms with Crippen molar-refractivity contribution >= 4 is 68.0 Å². The summed E-state index contributed by atoms with van der Waals surface area (Å²) in [4.78, 5) is 14.3. The van der Waals surface area contributed by atoms with E-state index >= 15 is 0 Å². The van der Waals surface area contributed by atoms with Crippen molar-refractivity contribution in [3.05, 3.63) is 206 Å². The molecule has 4 heterocycles. The van der Waals surface area contributed by atoms with Crippen LogP contribution in [0.3, 0.4) is 0 Å². The van der Waals surface area contributed by atoms with Gasteiger partial charge in [-0.3, -0.25) is 0 Å². The Morgan fingerprint density at radius 2 is 0.902 bits per heavy atom.